The second-order valence-corrected chi connectivity index (χ2v) is 11.6. The van der Waals surface area contributed by atoms with E-state index in [2.05, 4.69) is 42.5 Å². The molecule has 4 heterocycles. The Morgan fingerprint density at radius 3 is 2.61 bits per heavy atom. The number of phenols is 1. The maximum Gasteiger partial charge on any atom is 0.185 e. The molecular weight excluding hydrogens is 477 g/mol. The molecule has 1 aromatic carbocycles. The molecule has 10 heteroatoms. The summed E-state index contributed by atoms with van der Waals surface area (Å²) in [4.78, 5) is 6.66. The predicted octanol–water partition coefficient (Wildman–Crippen LogP) is 4.40. The molecule has 0 spiro atoms. The third-order valence-electron chi connectivity index (χ3n) is 7.91. The fraction of sp³-hybridized carbons (Fsp3) is 0.500. The standard InChI is InChI=1S/C26H30FN7OS/c1-25-8-9-26(2,33-25)23(27)19(12-25)34(17-5-6-17)21-14-28-24(32-30-21)18-7-4-15(10-20(18)35)16-11-22(36-3)31-29-13-16/h4,7,10-11,13-14,17,19,23,33,35H,5-6,8-9,12H2,1-3H3/t19-,23-,25-,26+/m0/s1. The van der Waals surface area contributed by atoms with Crippen LogP contribution in [0.3, 0.4) is 0 Å². The molecule has 188 valence electrons. The number of nitrogens with one attached hydrogen (secondary N) is 1. The lowest BCUT2D eigenvalue weighted by molar-refractivity contribution is 0.0831. The zero-order valence-corrected chi connectivity index (χ0v) is 21.5. The third-order valence-corrected chi connectivity index (χ3v) is 8.53. The monoisotopic (exact) mass is 507 g/mol. The molecule has 2 aliphatic heterocycles. The van der Waals surface area contributed by atoms with Crippen LogP contribution >= 0.6 is 11.8 Å². The van der Waals surface area contributed by atoms with Gasteiger partial charge in [-0.3, -0.25) is 0 Å². The molecule has 3 aliphatic rings. The van der Waals surface area contributed by atoms with Crippen molar-refractivity contribution in [3.63, 3.8) is 0 Å². The number of piperidine rings is 1. The summed E-state index contributed by atoms with van der Waals surface area (Å²) in [6, 6.07) is 7.28. The summed E-state index contributed by atoms with van der Waals surface area (Å²) in [7, 11) is 0. The van der Waals surface area contributed by atoms with Gasteiger partial charge in [-0.15, -0.1) is 27.1 Å². The van der Waals surface area contributed by atoms with Crippen molar-refractivity contribution in [1.82, 2.24) is 30.7 Å². The normalized spacial score (nSPS) is 29.3. The number of aromatic hydroxyl groups is 1. The minimum absolute atomic E-state index is 0.0585. The van der Waals surface area contributed by atoms with Gasteiger partial charge < -0.3 is 15.3 Å². The number of alkyl halides is 1. The van der Waals surface area contributed by atoms with Gasteiger partial charge in [-0.05, 0) is 76.0 Å². The Morgan fingerprint density at radius 2 is 1.92 bits per heavy atom. The van der Waals surface area contributed by atoms with Crippen molar-refractivity contribution < 1.29 is 9.50 Å². The van der Waals surface area contributed by atoms with E-state index in [0.29, 0.717) is 17.2 Å². The van der Waals surface area contributed by atoms with Crippen LogP contribution in [0.2, 0.25) is 0 Å². The summed E-state index contributed by atoms with van der Waals surface area (Å²) in [5.74, 6) is 0.992. The quantitative estimate of drug-likeness (QED) is 0.470. The number of hydrogen-bond donors (Lipinski definition) is 2. The fourth-order valence-corrected chi connectivity index (χ4v) is 6.31. The van der Waals surface area contributed by atoms with E-state index >= 15 is 4.39 Å². The molecule has 2 bridgehead atoms. The van der Waals surface area contributed by atoms with Crippen LogP contribution in [-0.4, -0.2) is 66.1 Å². The Bertz CT molecular complexity index is 1290. The van der Waals surface area contributed by atoms with E-state index in [1.54, 1.807) is 24.5 Å². The summed E-state index contributed by atoms with van der Waals surface area (Å²) in [5.41, 5.74) is 1.60. The lowest BCUT2D eigenvalue weighted by atomic mass is 9.82. The van der Waals surface area contributed by atoms with Crippen molar-refractivity contribution in [2.45, 2.75) is 80.3 Å². The molecule has 36 heavy (non-hydrogen) atoms. The van der Waals surface area contributed by atoms with E-state index in [1.807, 2.05) is 25.3 Å². The lowest BCUT2D eigenvalue weighted by Gasteiger charge is -2.48. The molecule has 2 N–H and O–H groups in total. The summed E-state index contributed by atoms with van der Waals surface area (Å²) in [6.45, 7) is 4.20. The second-order valence-electron chi connectivity index (χ2n) is 10.8. The molecule has 4 atom stereocenters. The van der Waals surface area contributed by atoms with Gasteiger partial charge >= 0.3 is 0 Å². The zero-order valence-electron chi connectivity index (χ0n) is 20.6. The molecule has 2 saturated heterocycles. The van der Waals surface area contributed by atoms with Gasteiger partial charge in [0.15, 0.2) is 11.6 Å². The van der Waals surface area contributed by atoms with Crippen LogP contribution in [-0.2, 0) is 0 Å². The highest BCUT2D eigenvalue weighted by molar-refractivity contribution is 7.98. The maximum atomic E-state index is 15.8. The highest BCUT2D eigenvalue weighted by Crippen LogP contribution is 2.47. The van der Waals surface area contributed by atoms with Crippen molar-refractivity contribution in [2.75, 3.05) is 11.2 Å². The average molecular weight is 508 g/mol. The molecule has 0 unspecified atom stereocenters. The highest BCUT2D eigenvalue weighted by atomic mass is 32.2. The number of halogens is 1. The fourth-order valence-electron chi connectivity index (χ4n) is 5.94. The number of benzene rings is 1. The van der Waals surface area contributed by atoms with Crippen molar-refractivity contribution in [1.29, 1.82) is 0 Å². The molecule has 6 rings (SSSR count). The maximum absolute atomic E-state index is 15.8. The Morgan fingerprint density at radius 1 is 1.08 bits per heavy atom. The van der Waals surface area contributed by atoms with Gasteiger partial charge in [-0.2, -0.15) is 5.10 Å². The smallest absolute Gasteiger partial charge is 0.185 e. The molecule has 3 aromatic rings. The molecule has 2 aromatic heterocycles. The molecule has 1 saturated carbocycles. The Kier molecular flexibility index (Phi) is 5.64. The number of thioether (sulfide) groups is 1. The van der Waals surface area contributed by atoms with E-state index in [9.17, 15) is 5.11 Å². The molecule has 0 amide bonds. The SMILES string of the molecule is CSc1cc(-c2ccc(-c3ncc(N(C4CC4)[C@H]4C[C@]5(C)CC[C@@](C)(N5)[C@H]4F)nn3)c(O)c2)cnn1. The van der Waals surface area contributed by atoms with E-state index in [1.165, 1.54) is 11.8 Å². The largest absolute Gasteiger partial charge is 0.507 e. The highest BCUT2D eigenvalue weighted by Gasteiger charge is 2.58. The van der Waals surface area contributed by atoms with Crippen molar-refractivity contribution in [3.8, 4) is 28.3 Å². The molecule has 1 aliphatic carbocycles. The number of nitrogens with zero attached hydrogens (tertiary/aromatic N) is 6. The molecular formula is C26H30FN7OS. The first-order valence-corrected chi connectivity index (χ1v) is 13.6. The summed E-state index contributed by atoms with van der Waals surface area (Å²) in [5, 5.41) is 32.0. The van der Waals surface area contributed by atoms with Gasteiger partial charge in [0.05, 0.1) is 24.0 Å². The molecule has 3 fully saturated rings. The van der Waals surface area contributed by atoms with Gasteiger partial charge in [0.1, 0.15) is 16.9 Å². The Balaban J connectivity index is 1.27. The number of aromatic nitrogens is 5. The summed E-state index contributed by atoms with van der Waals surface area (Å²) < 4.78 is 15.8. The lowest BCUT2D eigenvalue weighted by Crippen LogP contribution is -2.66. The predicted molar refractivity (Wildman–Crippen MR) is 138 cm³/mol. The second kappa shape index (κ2) is 8.62. The van der Waals surface area contributed by atoms with Crippen LogP contribution in [0, 0.1) is 0 Å². The van der Waals surface area contributed by atoms with Crippen LogP contribution in [0.1, 0.15) is 46.0 Å². The van der Waals surface area contributed by atoms with E-state index in [4.69, 9.17) is 0 Å². The van der Waals surface area contributed by atoms with Crippen molar-refractivity contribution >= 4 is 17.6 Å². The Hall–Kier alpha value is -2.85. The number of phenolic OH excluding ortho intramolecular Hbond substituents is 1. The van der Waals surface area contributed by atoms with Gasteiger partial charge in [0.25, 0.3) is 0 Å². The number of hydrogen-bond acceptors (Lipinski definition) is 9. The van der Waals surface area contributed by atoms with Crippen LogP contribution in [0.5, 0.6) is 5.75 Å². The van der Waals surface area contributed by atoms with Crippen molar-refractivity contribution in [3.05, 3.63) is 36.7 Å². The molecule has 0 radical (unpaired) electrons. The Labute approximate surface area is 214 Å². The minimum atomic E-state index is -0.999. The van der Waals surface area contributed by atoms with Gasteiger partial charge in [-0.25, -0.2) is 9.37 Å². The number of rotatable bonds is 6. The first-order chi connectivity index (χ1) is 17.3. The number of fused-ring (bicyclic) bond motifs is 2. The van der Waals surface area contributed by atoms with E-state index in [-0.39, 0.29) is 23.4 Å². The first kappa shape index (κ1) is 23.5. The minimum Gasteiger partial charge on any atom is -0.507 e. The van der Waals surface area contributed by atoms with Gasteiger partial charge in [0, 0.05) is 22.7 Å². The van der Waals surface area contributed by atoms with Gasteiger partial charge in [-0.1, -0.05) is 6.07 Å². The van der Waals surface area contributed by atoms with Crippen LogP contribution in [0.4, 0.5) is 10.2 Å². The van der Waals surface area contributed by atoms with Crippen LogP contribution < -0.4 is 10.2 Å². The number of anilines is 1. The zero-order chi connectivity index (χ0) is 25.1. The van der Waals surface area contributed by atoms with Crippen LogP contribution in [0.15, 0.2) is 41.7 Å². The summed E-state index contributed by atoms with van der Waals surface area (Å²) >= 11 is 1.51. The van der Waals surface area contributed by atoms with E-state index in [0.717, 1.165) is 48.3 Å². The van der Waals surface area contributed by atoms with Crippen molar-refractivity contribution in [2.24, 2.45) is 0 Å². The van der Waals surface area contributed by atoms with E-state index < -0.39 is 11.7 Å². The molecule has 8 nitrogen and oxygen atoms in total. The average Bonchev–Trinajstić information content (AvgIpc) is 3.67. The third kappa shape index (κ3) is 4.10. The van der Waals surface area contributed by atoms with Crippen LogP contribution in [0.25, 0.3) is 22.5 Å². The summed E-state index contributed by atoms with van der Waals surface area (Å²) in [6.07, 6.45) is 8.88. The van der Waals surface area contributed by atoms with Gasteiger partial charge in [0.2, 0.25) is 0 Å². The first-order valence-electron chi connectivity index (χ1n) is 12.4. The topological polar surface area (TPSA) is 100.0 Å².